The van der Waals surface area contributed by atoms with E-state index in [4.69, 9.17) is 4.74 Å². The second-order valence-electron chi connectivity index (χ2n) is 5.34. The van der Waals surface area contributed by atoms with Gasteiger partial charge in [0.2, 0.25) is 5.91 Å². The molecule has 3 rings (SSSR count). The van der Waals surface area contributed by atoms with Crippen LogP contribution in [0.2, 0.25) is 0 Å². The van der Waals surface area contributed by atoms with Gasteiger partial charge in [0, 0.05) is 5.56 Å². The number of nitrogens with one attached hydrogen (secondary N) is 1. The van der Waals surface area contributed by atoms with Crippen LogP contribution in [0, 0.1) is 6.92 Å². The first-order chi connectivity index (χ1) is 11.2. The number of amides is 1. The summed E-state index contributed by atoms with van der Waals surface area (Å²) >= 11 is 1.61. The molecule has 23 heavy (non-hydrogen) atoms. The van der Waals surface area contributed by atoms with Crippen LogP contribution in [0.4, 0.5) is 0 Å². The Morgan fingerprint density at radius 3 is 2.87 bits per heavy atom. The number of carbonyl (C=O) groups is 1. The molecule has 0 aliphatic heterocycles. The maximum atomic E-state index is 12.2. The Hall–Kier alpha value is -2.40. The topological polar surface area (TPSA) is 51.2 Å². The lowest BCUT2D eigenvalue weighted by molar-refractivity contribution is -0.120. The smallest absolute Gasteiger partial charge is 0.224 e. The normalized spacial score (nSPS) is 10.7. The number of carbonyl (C=O) groups excluding carboxylic acids is 1. The van der Waals surface area contributed by atoms with Gasteiger partial charge in [-0.3, -0.25) is 4.79 Å². The zero-order chi connectivity index (χ0) is 16.2. The number of benzene rings is 2. The molecule has 4 nitrogen and oxygen atoms in total. The predicted octanol–water partition coefficient (Wildman–Crippen LogP) is 3.47. The predicted molar refractivity (Wildman–Crippen MR) is 92.9 cm³/mol. The maximum Gasteiger partial charge on any atom is 0.224 e. The van der Waals surface area contributed by atoms with Crippen LogP contribution in [0.1, 0.15) is 16.1 Å². The van der Waals surface area contributed by atoms with Crippen molar-refractivity contribution in [2.24, 2.45) is 0 Å². The van der Waals surface area contributed by atoms with E-state index < -0.39 is 0 Å². The minimum atomic E-state index is -0.0341. The van der Waals surface area contributed by atoms with Crippen LogP contribution in [0.5, 0.6) is 5.75 Å². The molecule has 1 N–H and O–H groups in total. The van der Waals surface area contributed by atoms with Gasteiger partial charge in [-0.2, -0.15) is 0 Å². The molecule has 0 aliphatic carbocycles. The maximum absolute atomic E-state index is 12.2. The fourth-order valence-electron chi connectivity index (χ4n) is 2.45. The third kappa shape index (κ3) is 3.68. The summed E-state index contributed by atoms with van der Waals surface area (Å²) in [6, 6.07) is 13.8. The van der Waals surface area contributed by atoms with E-state index in [1.165, 1.54) is 0 Å². The molecule has 1 aromatic heterocycles. The van der Waals surface area contributed by atoms with E-state index in [1.807, 2.05) is 49.4 Å². The fraction of sp³-hybridized carbons (Fsp3) is 0.222. The highest BCUT2D eigenvalue weighted by Gasteiger charge is 2.10. The average Bonchev–Trinajstić information content (AvgIpc) is 2.96. The highest BCUT2D eigenvalue weighted by Crippen LogP contribution is 2.22. The molecule has 3 aromatic rings. The molecule has 2 aromatic carbocycles. The summed E-state index contributed by atoms with van der Waals surface area (Å²) in [6.07, 6.45) is 0.301. The minimum absolute atomic E-state index is 0.0341. The molecule has 0 fully saturated rings. The van der Waals surface area contributed by atoms with Gasteiger partial charge in [0.15, 0.2) is 0 Å². The number of aryl methyl sites for hydroxylation is 1. The third-order valence-electron chi connectivity index (χ3n) is 3.56. The molecule has 0 bridgehead atoms. The number of para-hydroxylation sites is 1. The number of aromatic nitrogens is 1. The Labute approximate surface area is 139 Å². The van der Waals surface area contributed by atoms with Crippen LogP contribution in [0.3, 0.4) is 0 Å². The van der Waals surface area contributed by atoms with E-state index in [0.29, 0.717) is 13.0 Å². The Morgan fingerprint density at radius 2 is 2.09 bits per heavy atom. The van der Waals surface area contributed by atoms with Crippen molar-refractivity contribution in [1.29, 1.82) is 0 Å². The number of nitrogens with zero attached hydrogens (tertiary/aromatic N) is 1. The Morgan fingerprint density at radius 1 is 1.26 bits per heavy atom. The van der Waals surface area contributed by atoms with Crippen LogP contribution >= 0.6 is 11.3 Å². The Balaban J connectivity index is 1.64. The van der Waals surface area contributed by atoms with Gasteiger partial charge in [0.05, 0.1) is 30.3 Å². The molecule has 0 unspecified atom stereocenters. The molecular formula is C18H18N2O2S. The second-order valence-corrected chi connectivity index (χ2v) is 6.46. The molecule has 0 spiro atoms. The molecular weight excluding hydrogens is 308 g/mol. The first kappa shape index (κ1) is 15.5. The van der Waals surface area contributed by atoms with Crippen molar-refractivity contribution >= 4 is 27.5 Å². The third-order valence-corrected chi connectivity index (χ3v) is 4.60. The summed E-state index contributed by atoms with van der Waals surface area (Å²) in [5.41, 5.74) is 2.98. The molecule has 0 saturated carbocycles. The van der Waals surface area contributed by atoms with Crippen molar-refractivity contribution in [3.05, 3.63) is 58.6 Å². The van der Waals surface area contributed by atoms with E-state index in [-0.39, 0.29) is 5.91 Å². The number of hydrogen-bond donors (Lipinski definition) is 1. The van der Waals surface area contributed by atoms with Crippen molar-refractivity contribution in [2.45, 2.75) is 19.9 Å². The SMILES string of the molecule is COc1ccc(C)cc1CC(=O)NCc1nc2ccccc2s1. The van der Waals surface area contributed by atoms with E-state index in [1.54, 1.807) is 18.4 Å². The Bertz CT molecular complexity index is 809. The average molecular weight is 326 g/mol. The van der Waals surface area contributed by atoms with E-state index in [9.17, 15) is 4.79 Å². The molecule has 118 valence electrons. The number of methoxy groups -OCH3 is 1. The number of rotatable bonds is 5. The highest BCUT2D eigenvalue weighted by atomic mass is 32.1. The summed E-state index contributed by atoms with van der Waals surface area (Å²) in [7, 11) is 1.62. The summed E-state index contributed by atoms with van der Waals surface area (Å²) in [4.78, 5) is 16.7. The van der Waals surface area contributed by atoms with E-state index >= 15 is 0 Å². The van der Waals surface area contributed by atoms with E-state index in [0.717, 1.165) is 32.1 Å². The summed E-state index contributed by atoms with van der Waals surface area (Å²) in [6.45, 7) is 2.45. The van der Waals surface area contributed by atoms with Gasteiger partial charge in [0.25, 0.3) is 0 Å². The van der Waals surface area contributed by atoms with Crippen molar-refractivity contribution in [1.82, 2.24) is 10.3 Å². The first-order valence-electron chi connectivity index (χ1n) is 7.40. The number of ether oxygens (including phenoxy) is 1. The minimum Gasteiger partial charge on any atom is -0.496 e. The quantitative estimate of drug-likeness (QED) is 0.781. The van der Waals surface area contributed by atoms with Crippen LogP contribution < -0.4 is 10.1 Å². The van der Waals surface area contributed by atoms with Crippen molar-refractivity contribution in [2.75, 3.05) is 7.11 Å². The molecule has 5 heteroatoms. The summed E-state index contributed by atoms with van der Waals surface area (Å²) < 4.78 is 6.45. The zero-order valence-electron chi connectivity index (χ0n) is 13.1. The van der Waals surface area contributed by atoms with Gasteiger partial charge in [-0.25, -0.2) is 4.98 Å². The fourth-order valence-corrected chi connectivity index (χ4v) is 3.36. The highest BCUT2D eigenvalue weighted by molar-refractivity contribution is 7.18. The summed E-state index contributed by atoms with van der Waals surface area (Å²) in [5, 5.41) is 3.85. The second kappa shape index (κ2) is 6.79. The van der Waals surface area contributed by atoms with Crippen molar-refractivity contribution in [3.63, 3.8) is 0 Å². The lowest BCUT2D eigenvalue weighted by atomic mass is 10.1. The van der Waals surface area contributed by atoms with Gasteiger partial charge in [0.1, 0.15) is 10.8 Å². The standard InChI is InChI=1S/C18H18N2O2S/c1-12-7-8-15(22-2)13(9-12)10-17(21)19-11-18-20-14-5-3-4-6-16(14)23-18/h3-9H,10-11H2,1-2H3,(H,19,21). The molecule has 0 radical (unpaired) electrons. The lowest BCUT2D eigenvalue weighted by Crippen LogP contribution is -2.24. The first-order valence-corrected chi connectivity index (χ1v) is 8.22. The van der Waals surface area contributed by atoms with Crippen molar-refractivity contribution in [3.8, 4) is 5.75 Å². The number of fused-ring (bicyclic) bond motifs is 1. The van der Waals surface area contributed by atoms with Gasteiger partial charge >= 0.3 is 0 Å². The number of thiazole rings is 1. The molecule has 1 amide bonds. The Kier molecular flexibility index (Phi) is 4.57. The summed E-state index contributed by atoms with van der Waals surface area (Å²) in [5.74, 6) is 0.707. The zero-order valence-corrected chi connectivity index (χ0v) is 13.9. The van der Waals surface area contributed by atoms with Crippen molar-refractivity contribution < 1.29 is 9.53 Å². The molecule has 1 heterocycles. The number of hydrogen-bond acceptors (Lipinski definition) is 4. The van der Waals surface area contributed by atoms with Gasteiger partial charge in [-0.15, -0.1) is 11.3 Å². The van der Waals surface area contributed by atoms with Crippen LogP contribution in [-0.4, -0.2) is 18.0 Å². The van der Waals surface area contributed by atoms with E-state index in [2.05, 4.69) is 10.3 Å². The molecule has 0 aliphatic rings. The van der Waals surface area contributed by atoms with Crippen LogP contribution in [0.25, 0.3) is 10.2 Å². The van der Waals surface area contributed by atoms with Crippen LogP contribution in [0.15, 0.2) is 42.5 Å². The van der Waals surface area contributed by atoms with Gasteiger partial charge < -0.3 is 10.1 Å². The monoisotopic (exact) mass is 326 g/mol. The van der Waals surface area contributed by atoms with Crippen LogP contribution in [-0.2, 0) is 17.8 Å². The van der Waals surface area contributed by atoms with Gasteiger partial charge in [-0.1, -0.05) is 29.8 Å². The largest absolute Gasteiger partial charge is 0.496 e. The van der Waals surface area contributed by atoms with Gasteiger partial charge in [-0.05, 0) is 25.1 Å². The molecule has 0 atom stereocenters. The lowest BCUT2D eigenvalue weighted by Gasteiger charge is -2.09. The molecule has 0 saturated heterocycles.